The highest BCUT2D eigenvalue weighted by molar-refractivity contribution is 7.13. The van der Waals surface area contributed by atoms with E-state index >= 15 is 0 Å². The van der Waals surface area contributed by atoms with E-state index in [0.29, 0.717) is 13.0 Å². The highest BCUT2D eigenvalue weighted by atomic mass is 32.1. The van der Waals surface area contributed by atoms with Crippen molar-refractivity contribution in [3.8, 4) is 10.4 Å². The molecule has 0 saturated carbocycles. The highest BCUT2D eigenvalue weighted by Crippen LogP contribution is 2.27. The van der Waals surface area contributed by atoms with Crippen LogP contribution in [0.3, 0.4) is 0 Å². The number of carbonyl (C=O) groups excluding carboxylic acids is 2. The van der Waals surface area contributed by atoms with Gasteiger partial charge in [0.15, 0.2) is 0 Å². The van der Waals surface area contributed by atoms with Crippen LogP contribution in [0.1, 0.15) is 43.9 Å². The minimum absolute atomic E-state index is 0.152. The van der Waals surface area contributed by atoms with Gasteiger partial charge in [0.1, 0.15) is 6.04 Å². The van der Waals surface area contributed by atoms with Crippen LogP contribution in [0, 0.1) is 6.92 Å². The number of nitrogens with two attached hydrogens (primary N) is 1. The Morgan fingerprint density at radius 2 is 2.10 bits per heavy atom. The largest absolute Gasteiger partial charge is 0.391 e. The number of unbranched alkanes of at least 4 members (excludes halogenated alkanes) is 1. The zero-order valence-corrected chi connectivity index (χ0v) is 18.3. The molecule has 7 nitrogen and oxygen atoms in total. The predicted octanol–water partition coefficient (Wildman–Crippen LogP) is 2.21. The summed E-state index contributed by atoms with van der Waals surface area (Å²) in [6, 6.07) is 6.67. The van der Waals surface area contributed by atoms with Gasteiger partial charge in [-0.05, 0) is 24.5 Å². The molecule has 1 aromatic carbocycles. The maximum absolute atomic E-state index is 12.8. The minimum Gasteiger partial charge on any atom is -0.391 e. The van der Waals surface area contributed by atoms with Gasteiger partial charge < -0.3 is 21.1 Å². The molecule has 2 heterocycles. The third kappa shape index (κ3) is 5.24. The highest BCUT2D eigenvalue weighted by Gasteiger charge is 2.40. The van der Waals surface area contributed by atoms with E-state index in [1.165, 1.54) is 4.90 Å². The summed E-state index contributed by atoms with van der Waals surface area (Å²) >= 11 is 1.60. The molecule has 1 aromatic heterocycles. The molecular formula is C22H30N4O3S. The lowest BCUT2D eigenvalue weighted by atomic mass is 10.1. The summed E-state index contributed by atoms with van der Waals surface area (Å²) in [6.07, 6.45) is 1.93. The lowest BCUT2D eigenvalue weighted by Gasteiger charge is -2.26. The maximum Gasteiger partial charge on any atom is 0.243 e. The number of nitrogens with one attached hydrogen (secondary N) is 1. The van der Waals surface area contributed by atoms with Crippen molar-refractivity contribution < 1.29 is 14.7 Å². The van der Waals surface area contributed by atoms with E-state index in [1.807, 2.05) is 43.6 Å². The van der Waals surface area contributed by atoms with Crippen LogP contribution >= 0.6 is 11.3 Å². The SMILES string of the molecule is CCCCC(N)C(=O)N1CC(O)CC1C(=O)NCc1ccc(-c2scnc2C)cc1. The topological polar surface area (TPSA) is 109 Å². The monoisotopic (exact) mass is 430 g/mol. The van der Waals surface area contributed by atoms with E-state index in [0.717, 1.165) is 34.5 Å². The third-order valence-electron chi connectivity index (χ3n) is 5.48. The number of aliphatic hydroxyl groups is 1. The molecule has 4 N–H and O–H groups in total. The molecule has 1 aliphatic rings. The smallest absolute Gasteiger partial charge is 0.243 e. The minimum atomic E-state index is -0.704. The van der Waals surface area contributed by atoms with Crippen molar-refractivity contribution in [2.24, 2.45) is 5.73 Å². The van der Waals surface area contributed by atoms with Crippen molar-refractivity contribution in [2.45, 2.75) is 64.3 Å². The molecule has 30 heavy (non-hydrogen) atoms. The average molecular weight is 431 g/mol. The second kappa shape index (κ2) is 10.1. The lowest BCUT2D eigenvalue weighted by Crippen LogP contribution is -2.51. The zero-order chi connectivity index (χ0) is 21.7. The van der Waals surface area contributed by atoms with Gasteiger partial charge in [0.2, 0.25) is 11.8 Å². The fourth-order valence-corrected chi connectivity index (χ4v) is 4.54. The molecule has 0 spiro atoms. The first kappa shape index (κ1) is 22.4. The predicted molar refractivity (Wildman–Crippen MR) is 118 cm³/mol. The number of aliphatic hydroxyl groups excluding tert-OH is 1. The molecule has 1 aliphatic heterocycles. The van der Waals surface area contributed by atoms with Gasteiger partial charge in [0.25, 0.3) is 0 Å². The van der Waals surface area contributed by atoms with E-state index < -0.39 is 18.2 Å². The number of likely N-dealkylation sites (tertiary alicyclic amines) is 1. The van der Waals surface area contributed by atoms with Crippen LogP contribution in [0.15, 0.2) is 29.8 Å². The number of aromatic nitrogens is 1. The normalized spacial score (nSPS) is 19.7. The Balaban J connectivity index is 1.59. The number of hydrogen-bond donors (Lipinski definition) is 3. The van der Waals surface area contributed by atoms with Crippen LogP contribution in [0.25, 0.3) is 10.4 Å². The summed E-state index contributed by atoms with van der Waals surface area (Å²) in [4.78, 5) is 32.3. The maximum atomic E-state index is 12.8. The Kier molecular flexibility index (Phi) is 7.58. The third-order valence-corrected chi connectivity index (χ3v) is 6.46. The number of β-amino-alcohol motifs (C(OH)–C–C–N with tert-alkyl or cyclic N) is 1. The molecule has 3 unspecified atom stereocenters. The Labute approximate surface area is 181 Å². The Bertz CT molecular complexity index is 868. The van der Waals surface area contributed by atoms with E-state index in [-0.39, 0.29) is 24.8 Å². The summed E-state index contributed by atoms with van der Waals surface area (Å²) in [5, 5.41) is 12.9. The van der Waals surface area contributed by atoms with Crippen molar-refractivity contribution in [3.05, 3.63) is 41.0 Å². The van der Waals surface area contributed by atoms with Crippen LogP contribution in [0.5, 0.6) is 0 Å². The number of benzene rings is 1. The molecule has 8 heteroatoms. The number of amides is 2. The number of hydrogen-bond acceptors (Lipinski definition) is 6. The summed E-state index contributed by atoms with van der Waals surface area (Å²) in [7, 11) is 0. The second-order valence-electron chi connectivity index (χ2n) is 7.83. The van der Waals surface area contributed by atoms with Crippen LogP contribution in [0.4, 0.5) is 0 Å². The number of rotatable bonds is 8. The van der Waals surface area contributed by atoms with Gasteiger partial charge in [-0.3, -0.25) is 9.59 Å². The Hall–Kier alpha value is -2.29. The van der Waals surface area contributed by atoms with Gasteiger partial charge in [0, 0.05) is 19.5 Å². The molecule has 2 aromatic rings. The van der Waals surface area contributed by atoms with Crippen LogP contribution < -0.4 is 11.1 Å². The van der Waals surface area contributed by atoms with Crippen molar-refractivity contribution in [3.63, 3.8) is 0 Å². The number of thiazole rings is 1. The van der Waals surface area contributed by atoms with Gasteiger partial charge in [-0.25, -0.2) is 4.98 Å². The molecule has 2 amide bonds. The van der Waals surface area contributed by atoms with Gasteiger partial charge in [-0.2, -0.15) is 0 Å². The van der Waals surface area contributed by atoms with Crippen molar-refractivity contribution in [1.29, 1.82) is 0 Å². The first-order chi connectivity index (χ1) is 14.4. The Morgan fingerprint density at radius 1 is 1.37 bits per heavy atom. The van der Waals surface area contributed by atoms with E-state index in [9.17, 15) is 14.7 Å². The molecule has 3 rings (SSSR count). The fraction of sp³-hybridized carbons (Fsp3) is 0.500. The van der Waals surface area contributed by atoms with Crippen molar-refractivity contribution in [2.75, 3.05) is 6.54 Å². The molecular weight excluding hydrogens is 400 g/mol. The number of nitrogens with zero attached hydrogens (tertiary/aromatic N) is 2. The second-order valence-corrected chi connectivity index (χ2v) is 8.68. The lowest BCUT2D eigenvalue weighted by molar-refractivity contribution is -0.139. The molecule has 0 radical (unpaired) electrons. The number of aryl methyl sites for hydroxylation is 1. The zero-order valence-electron chi connectivity index (χ0n) is 17.5. The summed E-state index contributed by atoms with van der Waals surface area (Å²) in [5.41, 5.74) is 10.9. The summed E-state index contributed by atoms with van der Waals surface area (Å²) < 4.78 is 0. The summed E-state index contributed by atoms with van der Waals surface area (Å²) in [6.45, 7) is 4.53. The molecule has 0 aliphatic carbocycles. The first-order valence-corrected chi connectivity index (χ1v) is 11.3. The molecule has 3 atom stereocenters. The van der Waals surface area contributed by atoms with Crippen molar-refractivity contribution in [1.82, 2.24) is 15.2 Å². The summed E-state index contributed by atoms with van der Waals surface area (Å²) in [5.74, 6) is -0.519. The Morgan fingerprint density at radius 3 is 2.73 bits per heavy atom. The molecule has 1 saturated heterocycles. The van der Waals surface area contributed by atoms with Gasteiger partial charge in [-0.15, -0.1) is 11.3 Å². The molecule has 0 bridgehead atoms. The van der Waals surface area contributed by atoms with Gasteiger partial charge in [0.05, 0.1) is 28.2 Å². The van der Waals surface area contributed by atoms with E-state index in [4.69, 9.17) is 5.73 Å². The first-order valence-electron chi connectivity index (χ1n) is 10.4. The van der Waals surface area contributed by atoms with E-state index in [1.54, 1.807) is 11.3 Å². The standard InChI is InChI=1S/C22H30N4O3S/c1-3-4-5-18(23)22(29)26-12-17(27)10-19(26)21(28)24-11-15-6-8-16(9-7-15)20-14(2)25-13-30-20/h6-9,13,17-19,27H,3-5,10-12,23H2,1-2H3,(H,24,28). The van der Waals surface area contributed by atoms with Crippen LogP contribution in [-0.2, 0) is 16.1 Å². The molecule has 1 fully saturated rings. The van der Waals surface area contributed by atoms with Gasteiger partial charge in [-0.1, -0.05) is 44.0 Å². The average Bonchev–Trinajstić information content (AvgIpc) is 3.35. The van der Waals surface area contributed by atoms with Crippen LogP contribution in [-0.4, -0.2) is 51.5 Å². The fourth-order valence-electron chi connectivity index (χ4n) is 3.73. The molecule has 162 valence electrons. The van der Waals surface area contributed by atoms with E-state index in [2.05, 4.69) is 10.3 Å². The number of carbonyl (C=O) groups is 2. The van der Waals surface area contributed by atoms with Crippen molar-refractivity contribution >= 4 is 23.2 Å². The quantitative estimate of drug-likeness (QED) is 0.595. The van der Waals surface area contributed by atoms with Crippen LogP contribution in [0.2, 0.25) is 0 Å². The van der Waals surface area contributed by atoms with Gasteiger partial charge >= 0.3 is 0 Å².